The fourth-order valence-corrected chi connectivity index (χ4v) is 2.89. The number of carbonyl (C=O) groups excluding carboxylic acids is 2. The molecule has 0 aliphatic heterocycles. The van der Waals surface area contributed by atoms with Gasteiger partial charge >= 0.3 is 5.97 Å². The summed E-state index contributed by atoms with van der Waals surface area (Å²) >= 11 is 12.0. The predicted octanol–water partition coefficient (Wildman–Crippen LogP) is 3.24. The minimum absolute atomic E-state index is 0.0145. The van der Waals surface area contributed by atoms with E-state index in [2.05, 4.69) is 0 Å². The van der Waals surface area contributed by atoms with E-state index in [1.54, 1.807) is 38.1 Å². The number of esters is 1. The summed E-state index contributed by atoms with van der Waals surface area (Å²) in [4.78, 5) is 23.4. The van der Waals surface area contributed by atoms with E-state index in [0.29, 0.717) is 5.56 Å². The Morgan fingerprint density at radius 3 is 2.42 bits per heavy atom. The zero-order valence-corrected chi connectivity index (χ0v) is 12.2. The predicted molar refractivity (Wildman–Crippen MR) is 73.4 cm³/mol. The summed E-state index contributed by atoms with van der Waals surface area (Å²) in [5.41, 5.74) is -0.295. The summed E-state index contributed by atoms with van der Waals surface area (Å²) in [6.45, 7) is 3.50. The molecule has 0 amide bonds. The summed E-state index contributed by atoms with van der Waals surface area (Å²) in [6, 6.07) is 8.64. The molecular formula is C14H14Cl2O3. The highest BCUT2D eigenvalue weighted by Gasteiger charge is 2.67. The quantitative estimate of drug-likeness (QED) is 0.636. The molecule has 0 saturated heterocycles. The van der Waals surface area contributed by atoms with Crippen molar-refractivity contribution in [1.29, 1.82) is 0 Å². The van der Waals surface area contributed by atoms with Crippen molar-refractivity contribution < 1.29 is 14.3 Å². The van der Waals surface area contributed by atoms with Gasteiger partial charge in [-0.05, 0) is 12.1 Å². The van der Waals surface area contributed by atoms with Gasteiger partial charge in [0.1, 0.15) is 6.61 Å². The van der Waals surface area contributed by atoms with E-state index < -0.39 is 15.7 Å². The molecule has 2 atom stereocenters. The highest BCUT2D eigenvalue weighted by Crippen LogP contribution is 2.58. The number of ether oxygens (including phenoxy) is 1. The Hall–Kier alpha value is -1.06. The van der Waals surface area contributed by atoms with Gasteiger partial charge in [0.05, 0.1) is 11.0 Å². The van der Waals surface area contributed by atoms with E-state index in [4.69, 9.17) is 27.9 Å². The van der Waals surface area contributed by atoms with Gasteiger partial charge in [-0.1, -0.05) is 55.2 Å². The standard InChI is InChI=1S/C14H14Cl2O3/c1-9-11(17)14(15,16)13(9,2)8-19-12(18)10-6-4-3-5-7-10/h3-7,9H,8H2,1-2H3/t9-,13+/m0/s1. The molecule has 1 saturated carbocycles. The molecule has 5 heteroatoms. The monoisotopic (exact) mass is 300 g/mol. The fraction of sp³-hybridized carbons (Fsp3) is 0.429. The second kappa shape index (κ2) is 4.80. The summed E-state index contributed by atoms with van der Waals surface area (Å²) in [5, 5.41) is 0. The molecule has 0 aromatic heterocycles. The van der Waals surface area contributed by atoms with Gasteiger partial charge in [-0.15, -0.1) is 0 Å². The zero-order valence-electron chi connectivity index (χ0n) is 10.7. The Bertz CT molecular complexity index is 513. The Labute approximate surface area is 121 Å². The number of hydrogen-bond donors (Lipinski definition) is 0. The minimum atomic E-state index is -1.48. The second-order valence-corrected chi connectivity index (χ2v) is 6.35. The molecule has 1 aromatic rings. The SMILES string of the molecule is C[C@H]1C(=O)C(Cl)(Cl)[C@]1(C)COC(=O)c1ccccc1. The first-order valence-corrected chi connectivity index (χ1v) is 6.70. The Kier molecular flexibility index (Phi) is 3.63. The molecular weight excluding hydrogens is 287 g/mol. The Morgan fingerprint density at radius 2 is 1.89 bits per heavy atom. The number of benzene rings is 1. The van der Waals surface area contributed by atoms with Crippen molar-refractivity contribution in [1.82, 2.24) is 0 Å². The molecule has 0 unspecified atom stereocenters. The highest BCUT2D eigenvalue weighted by molar-refractivity contribution is 6.61. The van der Waals surface area contributed by atoms with Crippen LogP contribution in [-0.4, -0.2) is 22.7 Å². The van der Waals surface area contributed by atoms with Crippen molar-refractivity contribution in [2.75, 3.05) is 6.61 Å². The van der Waals surface area contributed by atoms with Crippen molar-refractivity contribution in [2.45, 2.75) is 18.2 Å². The van der Waals surface area contributed by atoms with Crippen LogP contribution >= 0.6 is 23.2 Å². The number of alkyl halides is 2. The summed E-state index contributed by atoms with van der Waals surface area (Å²) in [7, 11) is 0. The van der Waals surface area contributed by atoms with Gasteiger partial charge in [-0.3, -0.25) is 4.79 Å². The number of Topliss-reactive ketones (excluding diaryl/α,β-unsaturated/α-hetero) is 1. The molecule has 2 rings (SSSR count). The highest BCUT2D eigenvalue weighted by atomic mass is 35.5. The van der Waals surface area contributed by atoms with Gasteiger partial charge in [-0.25, -0.2) is 4.79 Å². The molecule has 0 heterocycles. The third-order valence-electron chi connectivity index (χ3n) is 3.89. The maximum Gasteiger partial charge on any atom is 0.338 e. The average molecular weight is 301 g/mol. The molecule has 102 valence electrons. The third kappa shape index (κ3) is 2.15. The topological polar surface area (TPSA) is 43.4 Å². The Morgan fingerprint density at radius 1 is 1.32 bits per heavy atom. The van der Waals surface area contributed by atoms with Gasteiger partial charge in [0, 0.05) is 5.92 Å². The molecule has 1 aliphatic carbocycles. The van der Waals surface area contributed by atoms with Crippen LogP contribution in [0, 0.1) is 11.3 Å². The van der Waals surface area contributed by atoms with Crippen molar-refractivity contribution in [3.05, 3.63) is 35.9 Å². The molecule has 0 bridgehead atoms. The van der Waals surface area contributed by atoms with Crippen LogP contribution in [-0.2, 0) is 9.53 Å². The largest absolute Gasteiger partial charge is 0.461 e. The summed E-state index contributed by atoms with van der Waals surface area (Å²) < 4.78 is 3.75. The second-order valence-electron chi connectivity index (χ2n) is 5.02. The molecule has 0 N–H and O–H groups in total. The van der Waals surface area contributed by atoms with E-state index in [9.17, 15) is 9.59 Å². The van der Waals surface area contributed by atoms with Gasteiger partial charge in [0.25, 0.3) is 0 Å². The molecule has 19 heavy (non-hydrogen) atoms. The van der Waals surface area contributed by atoms with Crippen LogP contribution in [0.5, 0.6) is 0 Å². The van der Waals surface area contributed by atoms with Crippen LogP contribution in [0.1, 0.15) is 24.2 Å². The van der Waals surface area contributed by atoms with Gasteiger partial charge in [0.2, 0.25) is 0 Å². The van der Waals surface area contributed by atoms with Crippen LogP contribution in [0.2, 0.25) is 0 Å². The number of rotatable bonds is 3. The first-order valence-electron chi connectivity index (χ1n) is 5.95. The molecule has 0 spiro atoms. The van der Waals surface area contributed by atoms with E-state index in [1.807, 2.05) is 6.07 Å². The van der Waals surface area contributed by atoms with Gasteiger partial charge < -0.3 is 4.74 Å². The van der Waals surface area contributed by atoms with E-state index >= 15 is 0 Å². The summed E-state index contributed by atoms with van der Waals surface area (Å²) in [5.74, 6) is -1.00. The molecule has 1 fully saturated rings. The molecule has 3 nitrogen and oxygen atoms in total. The van der Waals surface area contributed by atoms with Gasteiger partial charge in [0.15, 0.2) is 10.1 Å². The van der Waals surface area contributed by atoms with Crippen molar-refractivity contribution >= 4 is 35.0 Å². The third-order valence-corrected chi connectivity index (χ3v) is 5.12. The first-order chi connectivity index (χ1) is 8.80. The smallest absolute Gasteiger partial charge is 0.338 e. The lowest BCUT2D eigenvalue weighted by atomic mass is 9.60. The Balaban J connectivity index is 2.04. The van der Waals surface area contributed by atoms with Crippen molar-refractivity contribution in [2.24, 2.45) is 11.3 Å². The fourth-order valence-electron chi connectivity index (χ4n) is 2.13. The molecule has 0 radical (unpaired) electrons. The first kappa shape index (κ1) is 14.4. The number of ketones is 1. The summed E-state index contributed by atoms with van der Waals surface area (Å²) in [6.07, 6.45) is 0. The lowest BCUT2D eigenvalue weighted by Gasteiger charge is -2.52. The molecule has 1 aromatic carbocycles. The average Bonchev–Trinajstić information content (AvgIpc) is 2.43. The lowest BCUT2D eigenvalue weighted by molar-refractivity contribution is -0.146. The number of halogens is 2. The van der Waals surface area contributed by atoms with Crippen LogP contribution in [0.15, 0.2) is 30.3 Å². The zero-order chi connectivity index (χ0) is 14.3. The van der Waals surface area contributed by atoms with E-state index in [-0.39, 0.29) is 18.3 Å². The van der Waals surface area contributed by atoms with Gasteiger partial charge in [-0.2, -0.15) is 0 Å². The normalized spacial score (nSPS) is 28.6. The van der Waals surface area contributed by atoms with Crippen LogP contribution in [0.25, 0.3) is 0 Å². The van der Waals surface area contributed by atoms with Crippen LogP contribution < -0.4 is 0 Å². The minimum Gasteiger partial charge on any atom is -0.461 e. The maximum absolute atomic E-state index is 11.8. The molecule has 1 aliphatic rings. The number of hydrogen-bond acceptors (Lipinski definition) is 3. The van der Waals surface area contributed by atoms with Crippen LogP contribution in [0.4, 0.5) is 0 Å². The van der Waals surface area contributed by atoms with Crippen LogP contribution in [0.3, 0.4) is 0 Å². The lowest BCUT2D eigenvalue weighted by Crippen LogP contribution is -2.65. The van der Waals surface area contributed by atoms with E-state index in [1.165, 1.54) is 0 Å². The number of carbonyl (C=O) groups is 2. The van der Waals surface area contributed by atoms with E-state index in [0.717, 1.165) is 0 Å². The van der Waals surface area contributed by atoms with Crippen molar-refractivity contribution in [3.63, 3.8) is 0 Å². The maximum atomic E-state index is 11.8. The van der Waals surface area contributed by atoms with Crippen molar-refractivity contribution in [3.8, 4) is 0 Å².